The minimum Gasteiger partial charge on any atom is -0.354 e. The van der Waals surface area contributed by atoms with Gasteiger partial charge in [0, 0.05) is 44.3 Å². The third kappa shape index (κ3) is 8.11. The summed E-state index contributed by atoms with van der Waals surface area (Å²) in [6.45, 7) is 0. The van der Waals surface area contributed by atoms with Crippen molar-refractivity contribution in [3.05, 3.63) is 144 Å². The maximum absolute atomic E-state index is 12.4. The molecule has 0 saturated carbocycles. The molecule has 4 aromatic carbocycles. The van der Waals surface area contributed by atoms with Crippen LogP contribution in [0.1, 0.15) is 22.8 Å². The molecule has 9 rings (SSSR count). The Morgan fingerprint density at radius 3 is 0.750 bits per heavy atom. The lowest BCUT2D eigenvalue weighted by molar-refractivity contribution is 0.481. The highest BCUT2D eigenvalue weighted by Crippen LogP contribution is 2.39. The Morgan fingerprint density at radius 1 is 0.328 bits per heavy atom. The van der Waals surface area contributed by atoms with Crippen molar-refractivity contribution in [1.82, 2.24) is 19.9 Å². The number of nitrogens with one attached hydrogen (secondary N) is 2. The zero-order chi connectivity index (χ0) is 45.3. The summed E-state index contributed by atoms with van der Waals surface area (Å²) in [5.74, 6) is 0. The van der Waals surface area contributed by atoms with E-state index in [9.17, 15) is 51.9 Å². The highest BCUT2D eigenvalue weighted by Gasteiger charge is 2.22. The standard InChI is InChI=1S/C44H30N4O12S4/c49-61(50,51)29-9-1-5-25(21-29)41-33-13-15-35(45-33)42(26-6-2-10-30(22-26)62(52,53)54)37-17-19-39(47-37)44(28-8-4-12-32(24-28)64(58,59)60)40-20-18-38(48-40)43(36-16-14-34(41)46-36)27-7-3-11-31(23-27)63(55,56)57/h1-24,45,48H,(H,49,50,51)(H,52,53,54)(H,55,56,57)(H,58,59,60). The molecule has 64 heavy (non-hydrogen) atoms. The van der Waals surface area contributed by atoms with Gasteiger partial charge in [-0.3, -0.25) is 18.2 Å². The maximum atomic E-state index is 12.4. The third-order valence-electron chi connectivity index (χ3n) is 10.4. The monoisotopic (exact) mass is 934 g/mol. The van der Waals surface area contributed by atoms with Crippen LogP contribution in [0.5, 0.6) is 0 Å². The molecule has 2 aliphatic rings. The highest BCUT2D eigenvalue weighted by atomic mass is 32.2. The molecule has 16 nitrogen and oxygen atoms in total. The Hall–Kier alpha value is -6.88. The number of hydrogen-bond acceptors (Lipinski definition) is 10. The Labute approximate surface area is 365 Å². The molecular weight excluding hydrogens is 905 g/mol. The second-order valence-corrected chi connectivity index (χ2v) is 20.2. The van der Waals surface area contributed by atoms with Gasteiger partial charge in [0.15, 0.2) is 0 Å². The van der Waals surface area contributed by atoms with Crippen LogP contribution in [0.3, 0.4) is 0 Å². The van der Waals surface area contributed by atoms with Crippen LogP contribution in [0.2, 0.25) is 0 Å². The molecule has 0 fully saturated rings. The van der Waals surface area contributed by atoms with Crippen LogP contribution in [-0.4, -0.2) is 71.8 Å². The van der Waals surface area contributed by atoms with Crippen molar-refractivity contribution >= 4 is 86.8 Å². The van der Waals surface area contributed by atoms with E-state index < -0.39 is 60.1 Å². The Balaban J connectivity index is 1.50. The number of hydrogen-bond donors (Lipinski definition) is 6. The van der Waals surface area contributed by atoms with Crippen molar-refractivity contribution < 1.29 is 51.9 Å². The normalized spacial score (nSPS) is 13.1. The molecule has 0 spiro atoms. The Bertz CT molecular complexity index is 3360. The molecule has 0 aliphatic carbocycles. The van der Waals surface area contributed by atoms with Crippen LogP contribution in [0.4, 0.5) is 0 Å². The van der Waals surface area contributed by atoms with Crippen LogP contribution < -0.4 is 0 Å². The lowest BCUT2D eigenvalue weighted by atomic mass is 10.0. The van der Waals surface area contributed by atoms with Gasteiger partial charge in [0.25, 0.3) is 40.5 Å². The summed E-state index contributed by atoms with van der Waals surface area (Å²) in [6, 6.07) is 28.7. The van der Waals surface area contributed by atoms with Crippen molar-refractivity contribution in [2.45, 2.75) is 19.6 Å². The average Bonchev–Trinajstić information content (AvgIpc) is 4.08. The van der Waals surface area contributed by atoms with Gasteiger partial charge in [0.05, 0.1) is 42.4 Å². The summed E-state index contributed by atoms with van der Waals surface area (Å²) in [7, 11) is -18.7. The van der Waals surface area contributed by atoms with Gasteiger partial charge < -0.3 is 9.97 Å². The first-order valence-corrected chi connectivity index (χ1v) is 24.5. The minimum absolute atomic E-state index is 0.274. The van der Waals surface area contributed by atoms with Crippen LogP contribution in [0.15, 0.2) is 141 Å². The molecule has 0 saturated heterocycles. The number of rotatable bonds is 8. The zero-order valence-electron chi connectivity index (χ0n) is 32.4. The van der Waals surface area contributed by atoms with E-state index in [-0.39, 0.29) is 22.8 Å². The quantitative estimate of drug-likeness (QED) is 0.0782. The van der Waals surface area contributed by atoms with Crippen LogP contribution in [0.25, 0.3) is 90.9 Å². The minimum atomic E-state index is -4.68. The van der Waals surface area contributed by atoms with Crippen LogP contribution in [0, 0.1) is 0 Å². The third-order valence-corrected chi connectivity index (χ3v) is 13.8. The highest BCUT2D eigenvalue weighted by molar-refractivity contribution is 7.86. The largest absolute Gasteiger partial charge is 0.354 e. The molecule has 0 atom stereocenters. The van der Waals surface area contributed by atoms with Gasteiger partial charge in [-0.15, -0.1) is 0 Å². The summed E-state index contributed by atoms with van der Waals surface area (Å²) in [5, 5.41) is 0. The zero-order valence-corrected chi connectivity index (χ0v) is 35.7. The lowest BCUT2D eigenvalue weighted by Crippen LogP contribution is -1.99. The summed E-state index contributed by atoms with van der Waals surface area (Å²) in [6.07, 6.45) is 6.57. The molecule has 6 N–H and O–H groups in total. The fraction of sp³-hybridized carbons (Fsp3) is 0. The molecule has 0 radical (unpaired) electrons. The summed E-state index contributed by atoms with van der Waals surface area (Å²) in [4.78, 5) is 15.1. The molecule has 20 heteroatoms. The number of aromatic nitrogens is 4. The fourth-order valence-corrected chi connectivity index (χ4v) is 9.77. The van der Waals surface area contributed by atoms with Gasteiger partial charge in [-0.25, -0.2) is 9.97 Å². The van der Waals surface area contributed by atoms with Gasteiger partial charge in [-0.1, -0.05) is 48.5 Å². The number of fused-ring (bicyclic) bond motifs is 8. The van der Waals surface area contributed by atoms with E-state index in [2.05, 4.69) is 9.97 Å². The van der Waals surface area contributed by atoms with Gasteiger partial charge in [0.2, 0.25) is 0 Å². The summed E-state index contributed by atoms with van der Waals surface area (Å²) in [5.41, 5.74) is 5.07. The predicted molar refractivity (Wildman–Crippen MR) is 240 cm³/mol. The second-order valence-electron chi connectivity index (χ2n) is 14.5. The van der Waals surface area contributed by atoms with Crippen LogP contribution >= 0.6 is 0 Å². The van der Waals surface area contributed by atoms with Crippen molar-refractivity contribution in [3.63, 3.8) is 0 Å². The Morgan fingerprint density at radius 2 is 0.547 bits per heavy atom. The van der Waals surface area contributed by atoms with Crippen LogP contribution in [-0.2, 0) is 40.5 Å². The topological polar surface area (TPSA) is 275 Å². The van der Waals surface area contributed by atoms with Gasteiger partial charge >= 0.3 is 0 Å². The van der Waals surface area contributed by atoms with E-state index in [1.54, 1.807) is 72.8 Å². The molecule has 2 aliphatic heterocycles. The van der Waals surface area contributed by atoms with Crippen molar-refractivity contribution in [2.75, 3.05) is 0 Å². The van der Waals surface area contributed by atoms with Gasteiger partial charge in [-0.05, 0) is 119 Å². The van der Waals surface area contributed by atoms with Gasteiger partial charge in [-0.2, -0.15) is 33.7 Å². The van der Waals surface area contributed by atoms with E-state index in [0.717, 1.165) is 0 Å². The average molecular weight is 935 g/mol. The molecular formula is C44H30N4O12S4. The van der Waals surface area contributed by atoms with Crippen molar-refractivity contribution in [1.29, 1.82) is 0 Å². The Kier molecular flexibility index (Phi) is 10.2. The molecule has 7 aromatic rings. The van der Waals surface area contributed by atoms with E-state index in [1.165, 1.54) is 72.8 Å². The van der Waals surface area contributed by atoms with E-state index in [0.29, 0.717) is 66.6 Å². The lowest BCUT2D eigenvalue weighted by Gasteiger charge is -2.08. The molecule has 0 unspecified atom stereocenters. The SMILES string of the molecule is O=S(=O)(O)c1cccc(-c2c3nc(c(-c4cccc(S(=O)(=O)O)c4)c4ccc([nH]4)c(-c4cccc(S(=O)(=O)O)c4)c4nc(c(-c5cccc(S(=O)(=O)O)c5)c5ccc2[nH]5)C=C4)C=C3)c1. The van der Waals surface area contributed by atoms with E-state index in [1.807, 2.05) is 0 Å². The van der Waals surface area contributed by atoms with Crippen molar-refractivity contribution in [2.24, 2.45) is 0 Å². The number of benzene rings is 4. The fourth-order valence-electron chi connectivity index (χ4n) is 7.67. The maximum Gasteiger partial charge on any atom is 0.294 e. The van der Waals surface area contributed by atoms with E-state index in [4.69, 9.17) is 9.97 Å². The van der Waals surface area contributed by atoms with Crippen molar-refractivity contribution in [3.8, 4) is 44.5 Å². The van der Waals surface area contributed by atoms with Gasteiger partial charge in [0.1, 0.15) is 0 Å². The number of aromatic amines is 2. The predicted octanol–water partition coefficient (Wildman–Crippen LogP) is 8.31. The molecule has 8 bridgehead atoms. The second kappa shape index (κ2) is 15.4. The summed E-state index contributed by atoms with van der Waals surface area (Å²) >= 11 is 0. The van der Waals surface area contributed by atoms with E-state index >= 15 is 0 Å². The molecule has 3 aromatic heterocycles. The molecule has 5 heterocycles. The molecule has 322 valence electrons. The first-order valence-electron chi connectivity index (χ1n) is 18.7. The number of nitrogens with zero attached hydrogens (tertiary/aromatic N) is 2. The first kappa shape index (κ1) is 42.4. The molecule has 0 amide bonds. The summed E-state index contributed by atoms with van der Waals surface area (Å²) < 4.78 is 139. The number of H-pyrrole nitrogens is 2. The smallest absolute Gasteiger partial charge is 0.294 e. The first-order chi connectivity index (χ1) is 30.2.